The summed E-state index contributed by atoms with van der Waals surface area (Å²) < 4.78 is 5.76. The summed E-state index contributed by atoms with van der Waals surface area (Å²) in [7, 11) is 0. The summed E-state index contributed by atoms with van der Waals surface area (Å²) in [6, 6.07) is 36.1. The van der Waals surface area contributed by atoms with Crippen molar-refractivity contribution in [3.05, 3.63) is 143 Å². The van der Waals surface area contributed by atoms with E-state index < -0.39 is 0 Å². The summed E-state index contributed by atoms with van der Waals surface area (Å²) >= 11 is 14.4. The van der Waals surface area contributed by atoms with E-state index >= 15 is 0 Å². The molecular formula is C46H29NO2S8. The van der Waals surface area contributed by atoms with Crippen LogP contribution in [-0.2, 0) is 0 Å². The fourth-order valence-electron chi connectivity index (χ4n) is 7.64. The number of aromatic nitrogens is 1. The molecule has 0 N–H and O–H groups in total. The van der Waals surface area contributed by atoms with Crippen LogP contribution in [0.2, 0.25) is 0 Å². The highest BCUT2D eigenvalue weighted by atomic mass is 32.1. The van der Waals surface area contributed by atoms with Crippen LogP contribution in [0.15, 0.2) is 113 Å². The van der Waals surface area contributed by atoms with Crippen molar-refractivity contribution >= 4 is 131 Å². The highest BCUT2D eigenvalue weighted by Crippen LogP contribution is 2.55. The van der Waals surface area contributed by atoms with Gasteiger partial charge in [0.25, 0.3) is 11.1 Å². The third kappa shape index (κ3) is 5.85. The van der Waals surface area contributed by atoms with Crippen LogP contribution < -0.4 is 11.1 Å². The van der Waals surface area contributed by atoms with Gasteiger partial charge in [0, 0.05) is 89.8 Å². The van der Waals surface area contributed by atoms with Gasteiger partial charge in [-0.1, -0.05) is 18.2 Å². The second-order valence-electron chi connectivity index (χ2n) is 14.1. The molecule has 9 aromatic heterocycles. The van der Waals surface area contributed by atoms with E-state index in [1.165, 1.54) is 79.8 Å². The third-order valence-electron chi connectivity index (χ3n) is 10.2. The topological polar surface area (TPSA) is 39.1 Å². The Morgan fingerprint density at radius 2 is 0.772 bits per heavy atom. The zero-order chi connectivity index (χ0) is 38.7. The predicted octanol–water partition coefficient (Wildman–Crippen LogP) is 15.9. The van der Waals surface area contributed by atoms with E-state index in [0.717, 1.165) is 24.0 Å². The molecule has 0 amide bonds. The minimum atomic E-state index is -0.281. The van der Waals surface area contributed by atoms with Gasteiger partial charge in [0.2, 0.25) is 0 Å². The summed E-state index contributed by atoms with van der Waals surface area (Å²) in [6.07, 6.45) is 0. The average Bonchev–Trinajstić information content (AvgIpc) is 4.04. The maximum atomic E-state index is 14.3. The molecule has 11 rings (SSSR count). The Morgan fingerprint density at radius 3 is 1.28 bits per heavy atom. The SMILES string of the molecule is Cc1ccc(-c2cc3c(-c4ccc(C)s4)c4sc(-c5ccc(-c6cc7c(=O)n(-c8ccccc8)c(=O)c8cc(C)sc8c7s6)s5)cc4c(-c4ccc(C)s4)c3s2)s1. The van der Waals surface area contributed by atoms with Crippen molar-refractivity contribution in [2.45, 2.75) is 27.7 Å². The van der Waals surface area contributed by atoms with E-state index in [-0.39, 0.29) is 11.1 Å². The molecule has 0 saturated heterocycles. The van der Waals surface area contributed by atoms with Crippen molar-refractivity contribution in [2.24, 2.45) is 0 Å². The lowest BCUT2D eigenvalue weighted by Gasteiger charge is -2.09. The number of benzene rings is 2. The van der Waals surface area contributed by atoms with E-state index in [9.17, 15) is 9.59 Å². The molecule has 278 valence electrons. The first-order chi connectivity index (χ1) is 27.7. The van der Waals surface area contributed by atoms with Crippen molar-refractivity contribution in [3.8, 4) is 55.8 Å². The monoisotopic (exact) mass is 883 g/mol. The van der Waals surface area contributed by atoms with Crippen LogP contribution in [0.4, 0.5) is 0 Å². The van der Waals surface area contributed by atoms with Gasteiger partial charge in [0.15, 0.2) is 0 Å². The molecule has 0 aliphatic rings. The maximum Gasteiger partial charge on any atom is 0.266 e. The van der Waals surface area contributed by atoms with Crippen LogP contribution >= 0.6 is 90.7 Å². The standard InChI is InChI=1S/C46H29NO2S8/c1-22-10-13-31(50-22)36-19-27-39(34-14-11-23(2)51-34)42-28(40(41(27)55-36)35-15-12-24(3)52-35)20-37(56-42)32-16-17-33(54-32)38-21-30-44(57-38)43-29(18-25(4)53-43)45(48)47(46(30)49)26-8-6-5-7-9-26/h5-21H,1-4H3. The minimum absolute atomic E-state index is 0.273. The summed E-state index contributed by atoms with van der Waals surface area (Å²) in [4.78, 5) is 43.0. The van der Waals surface area contributed by atoms with Crippen LogP contribution in [0.1, 0.15) is 19.5 Å². The van der Waals surface area contributed by atoms with Gasteiger partial charge in [-0.15, -0.1) is 90.7 Å². The van der Waals surface area contributed by atoms with Gasteiger partial charge in [0.05, 0.1) is 25.9 Å². The number of rotatable bonds is 6. The Hall–Kier alpha value is -4.30. The first-order valence-electron chi connectivity index (χ1n) is 18.2. The zero-order valence-electron chi connectivity index (χ0n) is 30.8. The number of hydrogen-bond acceptors (Lipinski definition) is 10. The van der Waals surface area contributed by atoms with Crippen molar-refractivity contribution in [2.75, 3.05) is 0 Å². The largest absolute Gasteiger partial charge is 0.268 e. The highest BCUT2D eigenvalue weighted by Gasteiger charge is 2.25. The van der Waals surface area contributed by atoms with Crippen LogP contribution in [0.25, 0.3) is 96.2 Å². The normalized spacial score (nSPS) is 12.0. The molecule has 0 atom stereocenters. The average molecular weight is 884 g/mol. The van der Waals surface area contributed by atoms with E-state index in [1.54, 1.807) is 34.0 Å². The first-order valence-corrected chi connectivity index (χ1v) is 24.7. The number of thiophene rings is 8. The molecule has 11 aromatic rings. The molecule has 2 aromatic carbocycles. The molecule has 3 nitrogen and oxygen atoms in total. The fourth-order valence-corrected chi connectivity index (χ4v) is 16.5. The Balaban J connectivity index is 1.12. The molecule has 0 unspecified atom stereocenters. The van der Waals surface area contributed by atoms with E-state index in [0.29, 0.717) is 16.5 Å². The van der Waals surface area contributed by atoms with E-state index in [4.69, 9.17) is 0 Å². The van der Waals surface area contributed by atoms with Gasteiger partial charge in [-0.05, 0) is 113 Å². The molecule has 0 aliphatic heterocycles. The molecule has 0 fully saturated rings. The summed E-state index contributed by atoms with van der Waals surface area (Å²) in [6.45, 7) is 8.60. The number of nitrogens with zero attached hydrogens (tertiary/aromatic N) is 1. The second-order valence-corrected chi connectivity index (χ2v) is 23.4. The smallest absolute Gasteiger partial charge is 0.266 e. The van der Waals surface area contributed by atoms with Crippen LogP contribution in [0, 0.1) is 27.7 Å². The molecular weight excluding hydrogens is 855 g/mol. The van der Waals surface area contributed by atoms with Crippen molar-refractivity contribution in [1.29, 1.82) is 0 Å². The molecule has 0 bridgehead atoms. The van der Waals surface area contributed by atoms with Crippen molar-refractivity contribution < 1.29 is 0 Å². The van der Waals surface area contributed by atoms with Gasteiger partial charge in [-0.3, -0.25) is 9.59 Å². The molecule has 0 saturated carbocycles. The molecule has 0 spiro atoms. The number of fused-ring (bicyclic) bond motifs is 5. The maximum absolute atomic E-state index is 14.3. The number of hydrogen-bond donors (Lipinski definition) is 0. The van der Waals surface area contributed by atoms with Crippen LogP contribution in [0.3, 0.4) is 0 Å². The molecule has 11 heteroatoms. The zero-order valence-corrected chi connectivity index (χ0v) is 37.4. The number of aryl methyl sites for hydroxylation is 4. The summed E-state index contributed by atoms with van der Waals surface area (Å²) in [5, 5.41) is 3.79. The van der Waals surface area contributed by atoms with Gasteiger partial charge in [-0.2, -0.15) is 0 Å². The van der Waals surface area contributed by atoms with Crippen LogP contribution in [0.5, 0.6) is 0 Å². The first kappa shape index (κ1) is 35.8. The third-order valence-corrected chi connectivity index (χ3v) is 19.5. The lowest BCUT2D eigenvalue weighted by Crippen LogP contribution is -2.28. The molecule has 0 radical (unpaired) electrons. The van der Waals surface area contributed by atoms with Crippen molar-refractivity contribution in [1.82, 2.24) is 4.57 Å². The van der Waals surface area contributed by atoms with Crippen LogP contribution in [-0.4, -0.2) is 4.57 Å². The highest BCUT2D eigenvalue weighted by molar-refractivity contribution is 7.32. The van der Waals surface area contributed by atoms with Crippen molar-refractivity contribution in [3.63, 3.8) is 0 Å². The molecule has 57 heavy (non-hydrogen) atoms. The quantitative estimate of drug-likeness (QED) is 0.167. The second kappa shape index (κ2) is 13.6. The minimum Gasteiger partial charge on any atom is -0.268 e. The van der Waals surface area contributed by atoms with Gasteiger partial charge in [0.1, 0.15) is 0 Å². The van der Waals surface area contributed by atoms with Gasteiger partial charge >= 0.3 is 0 Å². The van der Waals surface area contributed by atoms with E-state index in [2.05, 4.69) is 81.4 Å². The summed E-state index contributed by atoms with van der Waals surface area (Å²) in [5.41, 5.74) is 2.69. The Kier molecular flexibility index (Phi) is 8.58. The van der Waals surface area contributed by atoms with E-state index in [1.807, 2.05) is 106 Å². The molecule has 9 heterocycles. The Bertz CT molecular complexity index is 3420. The fraction of sp³-hybridized carbons (Fsp3) is 0.0870. The summed E-state index contributed by atoms with van der Waals surface area (Å²) in [5.74, 6) is 0. The Morgan fingerprint density at radius 1 is 0.351 bits per heavy atom. The lowest BCUT2D eigenvalue weighted by atomic mass is 9.99. The molecule has 0 aliphatic carbocycles. The number of para-hydroxylation sites is 1. The van der Waals surface area contributed by atoms with Gasteiger partial charge < -0.3 is 0 Å². The predicted molar refractivity (Wildman–Crippen MR) is 257 cm³/mol. The Labute approximate surface area is 359 Å². The lowest BCUT2D eigenvalue weighted by molar-refractivity contribution is 0.976. The van der Waals surface area contributed by atoms with Gasteiger partial charge in [-0.25, -0.2) is 4.57 Å².